The molecule has 2 aliphatic carbocycles. The van der Waals surface area contributed by atoms with Crippen LogP contribution >= 0.6 is 11.3 Å². The molecule has 0 atom stereocenters. The summed E-state index contributed by atoms with van der Waals surface area (Å²) in [4.78, 5) is 34.5. The number of hydrogen-bond donors (Lipinski definition) is 1. The maximum Gasteiger partial charge on any atom is 0.348 e. The Hall–Kier alpha value is -3.12. The molecule has 2 fully saturated rings. The lowest BCUT2D eigenvalue weighted by molar-refractivity contribution is -0.124. The monoisotopic (exact) mass is 538 g/mol. The second kappa shape index (κ2) is 12.2. The van der Waals surface area contributed by atoms with Gasteiger partial charge in [0.2, 0.25) is 12.6 Å². The number of nitrogens with zero attached hydrogens (tertiary/aromatic N) is 4. The highest BCUT2D eigenvalue weighted by atomic mass is 32.1. The van der Waals surface area contributed by atoms with Crippen LogP contribution in [0.3, 0.4) is 0 Å². The van der Waals surface area contributed by atoms with Crippen LogP contribution in [0.2, 0.25) is 0 Å². The van der Waals surface area contributed by atoms with Crippen LogP contribution in [-0.2, 0) is 16.4 Å². The number of oxime groups is 1. The Labute approximate surface area is 229 Å². The van der Waals surface area contributed by atoms with Gasteiger partial charge in [-0.15, -0.1) is 11.3 Å². The van der Waals surface area contributed by atoms with Crippen LogP contribution in [0.15, 0.2) is 29.7 Å². The van der Waals surface area contributed by atoms with Gasteiger partial charge in [-0.25, -0.2) is 9.48 Å². The number of carbonyl (C=O) groups is 2. The molecule has 0 aliphatic heterocycles. The number of thiophene rings is 1. The van der Waals surface area contributed by atoms with Gasteiger partial charge in [0.25, 0.3) is 0 Å². The van der Waals surface area contributed by atoms with Gasteiger partial charge in [-0.05, 0) is 90.2 Å². The summed E-state index contributed by atoms with van der Waals surface area (Å²) in [6, 6.07) is 3.55. The number of carbonyl (C=O) groups excluding carboxylic acids is 1. The molecule has 1 amide bonds. The van der Waals surface area contributed by atoms with Crippen molar-refractivity contribution in [1.82, 2.24) is 9.78 Å². The first-order valence-corrected chi connectivity index (χ1v) is 14.3. The molecule has 0 saturated heterocycles. The zero-order chi connectivity index (χ0) is 27.3. The summed E-state index contributed by atoms with van der Waals surface area (Å²) in [7, 11) is 0. The number of amides is 1. The zero-order valence-corrected chi connectivity index (χ0v) is 23.6. The Balaban J connectivity index is 1.57. The van der Waals surface area contributed by atoms with Crippen LogP contribution in [-0.4, -0.2) is 38.5 Å². The summed E-state index contributed by atoms with van der Waals surface area (Å²) in [5.74, 6) is 5.92. The third-order valence-electron chi connectivity index (χ3n) is 7.17. The molecule has 38 heavy (non-hydrogen) atoms. The number of carboxylic acids is 1. The van der Waals surface area contributed by atoms with Gasteiger partial charge >= 0.3 is 5.97 Å². The van der Waals surface area contributed by atoms with Crippen molar-refractivity contribution in [3.8, 4) is 11.8 Å². The molecular weight excluding hydrogens is 500 g/mol. The van der Waals surface area contributed by atoms with Crippen molar-refractivity contribution in [2.45, 2.75) is 91.8 Å². The van der Waals surface area contributed by atoms with E-state index in [1.165, 1.54) is 0 Å². The first kappa shape index (κ1) is 27.9. The second-order valence-corrected chi connectivity index (χ2v) is 12.5. The van der Waals surface area contributed by atoms with Crippen LogP contribution in [0.1, 0.15) is 93.6 Å². The zero-order valence-electron chi connectivity index (χ0n) is 22.8. The maximum atomic E-state index is 14.0. The van der Waals surface area contributed by atoms with Gasteiger partial charge in [0.1, 0.15) is 4.88 Å². The third-order valence-corrected chi connectivity index (χ3v) is 8.20. The summed E-state index contributed by atoms with van der Waals surface area (Å²) < 4.78 is 1.66. The van der Waals surface area contributed by atoms with E-state index in [0.717, 1.165) is 42.7 Å². The molecule has 0 bridgehead atoms. The molecule has 8 nitrogen and oxygen atoms in total. The van der Waals surface area contributed by atoms with Crippen molar-refractivity contribution in [3.63, 3.8) is 0 Å². The number of hydrogen-bond acceptors (Lipinski definition) is 6. The summed E-state index contributed by atoms with van der Waals surface area (Å²) in [6.07, 6.45) is 10.0. The van der Waals surface area contributed by atoms with Crippen LogP contribution in [0, 0.1) is 29.1 Å². The van der Waals surface area contributed by atoms with Gasteiger partial charge in [0.15, 0.2) is 0 Å². The molecule has 0 spiro atoms. The minimum Gasteiger partial charge on any atom is -0.477 e. The number of rotatable bonds is 7. The van der Waals surface area contributed by atoms with Gasteiger partial charge < -0.3 is 14.8 Å². The minimum atomic E-state index is -1.02. The quantitative estimate of drug-likeness (QED) is 0.336. The summed E-state index contributed by atoms with van der Waals surface area (Å²) in [6.45, 7) is 8.54. The predicted molar refractivity (Wildman–Crippen MR) is 149 cm³/mol. The van der Waals surface area contributed by atoms with Gasteiger partial charge in [-0.2, -0.15) is 5.10 Å². The molecule has 2 aliphatic rings. The standard InChI is InChI=1S/C29H38N4O4S/c1-20-6-8-21(9-7-20)27(34)33(25-18-24(14-15-29(2,3)4)38-26(25)28(35)36)23-12-10-22(11-13-23)31-37-19-32-17-5-16-30-32/h5,16-18,20-21,23H,6-13,19H2,1-4H3,(H,35,36). The Kier molecular flexibility index (Phi) is 8.93. The number of aromatic carboxylic acids is 1. The fraction of sp³-hybridized carbons (Fsp3) is 0.586. The predicted octanol–water partition coefficient (Wildman–Crippen LogP) is 6.17. The number of aromatic nitrogens is 2. The van der Waals surface area contributed by atoms with Crippen molar-refractivity contribution < 1.29 is 19.5 Å². The average Bonchev–Trinajstić information content (AvgIpc) is 3.54. The molecule has 4 rings (SSSR count). The Morgan fingerprint density at radius 1 is 1.21 bits per heavy atom. The van der Waals surface area contributed by atoms with E-state index in [1.807, 2.05) is 44.0 Å². The Morgan fingerprint density at radius 2 is 1.92 bits per heavy atom. The molecule has 2 aromatic rings. The van der Waals surface area contributed by atoms with E-state index in [2.05, 4.69) is 29.0 Å². The van der Waals surface area contributed by atoms with E-state index in [-0.39, 0.29) is 34.9 Å². The molecular formula is C29H38N4O4S. The lowest BCUT2D eigenvalue weighted by Gasteiger charge is -2.38. The molecule has 0 unspecified atom stereocenters. The SMILES string of the molecule is CC1CCC(C(=O)N(c2cc(C#CC(C)(C)C)sc2C(=O)O)C2CCC(=NOCn3cccn3)CC2)CC1. The van der Waals surface area contributed by atoms with Crippen LogP contribution in [0.4, 0.5) is 5.69 Å². The smallest absolute Gasteiger partial charge is 0.348 e. The fourth-order valence-corrected chi connectivity index (χ4v) is 5.91. The van der Waals surface area contributed by atoms with E-state index < -0.39 is 5.97 Å². The average molecular weight is 539 g/mol. The van der Waals surface area contributed by atoms with E-state index >= 15 is 0 Å². The largest absolute Gasteiger partial charge is 0.477 e. The Morgan fingerprint density at radius 3 is 2.53 bits per heavy atom. The van der Waals surface area contributed by atoms with Gasteiger partial charge in [-0.1, -0.05) is 23.9 Å². The lowest BCUT2D eigenvalue weighted by atomic mass is 9.81. The van der Waals surface area contributed by atoms with Gasteiger partial charge in [0.05, 0.1) is 16.3 Å². The van der Waals surface area contributed by atoms with Crippen molar-refractivity contribution in [2.24, 2.45) is 22.4 Å². The third kappa shape index (κ3) is 7.25. The first-order valence-electron chi connectivity index (χ1n) is 13.5. The molecule has 2 heterocycles. The number of anilines is 1. The van der Waals surface area contributed by atoms with E-state index in [1.54, 1.807) is 10.9 Å². The fourth-order valence-electron chi connectivity index (χ4n) is 5.06. The molecule has 2 saturated carbocycles. The second-order valence-electron chi connectivity index (χ2n) is 11.5. The maximum absolute atomic E-state index is 14.0. The van der Waals surface area contributed by atoms with Gasteiger partial charge in [-0.3, -0.25) is 4.79 Å². The van der Waals surface area contributed by atoms with Crippen LogP contribution in [0.5, 0.6) is 0 Å². The highest BCUT2D eigenvalue weighted by Gasteiger charge is 2.37. The van der Waals surface area contributed by atoms with Crippen LogP contribution in [0.25, 0.3) is 0 Å². The lowest BCUT2D eigenvalue weighted by Crippen LogP contribution is -2.46. The first-order chi connectivity index (χ1) is 18.1. The molecule has 9 heteroatoms. The Bertz CT molecular complexity index is 1200. The minimum absolute atomic E-state index is 0.0489. The normalized spacial score (nSPS) is 21.8. The van der Waals surface area contributed by atoms with Crippen molar-refractivity contribution in [2.75, 3.05) is 4.90 Å². The molecule has 0 aromatic carbocycles. The topological polar surface area (TPSA) is 97.0 Å². The van der Waals surface area contributed by atoms with Crippen molar-refractivity contribution in [3.05, 3.63) is 34.3 Å². The van der Waals surface area contributed by atoms with E-state index in [4.69, 9.17) is 4.84 Å². The number of carboxylic acid groups (broad SMARTS) is 1. The molecule has 204 valence electrons. The summed E-state index contributed by atoms with van der Waals surface area (Å²) in [5, 5.41) is 18.5. The van der Waals surface area contributed by atoms with E-state index in [0.29, 0.717) is 42.2 Å². The molecule has 0 radical (unpaired) electrons. The highest BCUT2D eigenvalue weighted by Crippen LogP contribution is 2.38. The van der Waals surface area contributed by atoms with Gasteiger partial charge in [0, 0.05) is 29.8 Å². The summed E-state index contributed by atoms with van der Waals surface area (Å²) in [5.41, 5.74) is 1.23. The van der Waals surface area contributed by atoms with E-state index in [9.17, 15) is 14.7 Å². The molecule has 1 N–H and O–H groups in total. The molecule has 2 aromatic heterocycles. The van der Waals surface area contributed by atoms with Crippen molar-refractivity contribution >= 4 is 34.6 Å². The van der Waals surface area contributed by atoms with Crippen molar-refractivity contribution in [1.29, 1.82) is 0 Å². The summed E-state index contributed by atoms with van der Waals surface area (Å²) >= 11 is 1.16. The van der Waals surface area contributed by atoms with Crippen LogP contribution < -0.4 is 4.90 Å². The highest BCUT2D eigenvalue weighted by molar-refractivity contribution is 7.15.